The second-order valence-corrected chi connectivity index (χ2v) is 7.49. The van der Waals surface area contributed by atoms with Crippen molar-refractivity contribution in [2.45, 2.75) is 25.7 Å². The third-order valence-electron chi connectivity index (χ3n) is 4.31. The summed E-state index contributed by atoms with van der Waals surface area (Å²) >= 11 is 2.24. The number of anilines is 1. The van der Waals surface area contributed by atoms with Crippen molar-refractivity contribution >= 4 is 45.2 Å². The Bertz CT molecular complexity index is 959. The van der Waals surface area contributed by atoms with Crippen molar-refractivity contribution in [1.82, 2.24) is 14.8 Å². The van der Waals surface area contributed by atoms with E-state index in [1.165, 1.54) is 0 Å². The van der Waals surface area contributed by atoms with Gasteiger partial charge in [-0.1, -0.05) is 6.07 Å². The number of carbonyl (C=O) groups excluding carboxylic acids is 1. The fraction of sp³-hybridized carbons (Fsp3) is 0.278. The summed E-state index contributed by atoms with van der Waals surface area (Å²) in [5, 5.41) is 8.29. The van der Waals surface area contributed by atoms with Crippen LogP contribution in [0.25, 0.3) is 11.0 Å². The number of nitrogens with one attached hydrogen (secondary N) is 1. The van der Waals surface area contributed by atoms with E-state index in [1.54, 1.807) is 4.68 Å². The SMILES string of the molecule is Cc1nn(C)c2nc(C3CC3)cc(C(=O)Nc3cccc(I)c3)c12. The van der Waals surface area contributed by atoms with Crippen LogP contribution >= 0.6 is 22.6 Å². The molecule has 122 valence electrons. The van der Waals surface area contributed by atoms with Crippen LogP contribution in [0.1, 0.15) is 40.5 Å². The van der Waals surface area contributed by atoms with Gasteiger partial charge in [-0.15, -0.1) is 0 Å². The van der Waals surface area contributed by atoms with Crippen molar-refractivity contribution in [3.05, 3.63) is 50.9 Å². The van der Waals surface area contributed by atoms with E-state index in [9.17, 15) is 4.79 Å². The van der Waals surface area contributed by atoms with Crippen LogP contribution in [0.3, 0.4) is 0 Å². The van der Waals surface area contributed by atoms with Gasteiger partial charge in [0.2, 0.25) is 0 Å². The number of amides is 1. The summed E-state index contributed by atoms with van der Waals surface area (Å²) in [5.74, 6) is 0.372. The molecule has 0 unspecified atom stereocenters. The lowest BCUT2D eigenvalue weighted by Crippen LogP contribution is -2.13. The number of aromatic nitrogens is 3. The van der Waals surface area contributed by atoms with Crippen molar-refractivity contribution in [2.24, 2.45) is 7.05 Å². The van der Waals surface area contributed by atoms with Gasteiger partial charge in [0.25, 0.3) is 5.91 Å². The molecule has 0 spiro atoms. The lowest BCUT2D eigenvalue weighted by Gasteiger charge is -2.09. The van der Waals surface area contributed by atoms with Gasteiger partial charge in [-0.3, -0.25) is 9.48 Å². The summed E-state index contributed by atoms with van der Waals surface area (Å²) in [6.45, 7) is 1.92. The Morgan fingerprint density at radius 3 is 2.83 bits per heavy atom. The maximum atomic E-state index is 12.9. The molecule has 5 nitrogen and oxygen atoms in total. The van der Waals surface area contributed by atoms with Gasteiger partial charge >= 0.3 is 0 Å². The summed E-state index contributed by atoms with van der Waals surface area (Å²) < 4.78 is 2.85. The van der Waals surface area contributed by atoms with E-state index in [0.717, 1.165) is 44.5 Å². The highest BCUT2D eigenvalue weighted by atomic mass is 127. The first-order chi connectivity index (χ1) is 11.5. The van der Waals surface area contributed by atoms with E-state index in [4.69, 9.17) is 4.98 Å². The zero-order valence-corrected chi connectivity index (χ0v) is 15.7. The van der Waals surface area contributed by atoms with Crippen LogP contribution in [0.4, 0.5) is 5.69 Å². The molecule has 0 aliphatic heterocycles. The Hall–Kier alpha value is -1.96. The Kier molecular flexibility index (Phi) is 3.79. The molecule has 4 rings (SSSR count). The van der Waals surface area contributed by atoms with E-state index < -0.39 is 0 Å². The van der Waals surface area contributed by atoms with Crippen LogP contribution < -0.4 is 5.32 Å². The first-order valence-electron chi connectivity index (χ1n) is 7.94. The minimum Gasteiger partial charge on any atom is -0.322 e. The van der Waals surface area contributed by atoms with Crippen molar-refractivity contribution in [3.8, 4) is 0 Å². The summed E-state index contributed by atoms with van der Waals surface area (Å²) in [7, 11) is 1.88. The smallest absolute Gasteiger partial charge is 0.256 e. The van der Waals surface area contributed by atoms with Crippen LogP contribution in [0.5, 0.6) is 0 Å². The third-order valence-corrected chi connectivity index (χ3v) is 4.98. The molecular weight excluding hydrogens is 415 g/mol. The Balaban J connectivity index is 1.80. The van der Waals surface area contributed by atoms with E-state index in [0.29, 0.717) is 11.5 Å². The van der Waals surface area contributed by atoms with Gasteiger partial charge in [0.05, 0.1) is 16.6 Å². The predicted octanol–water partition coefficient (Wildman–Crippen LogP) is 4.01. The summed E-state index contributed by atoms with van der Waals surface area (Å²) in [6.07, 6.45) is 2.29. The number of pyridine rings is 1. The van der Waals surface area contributed by atoms with Crippen LogP contribution in [0, 0.1) is 10.5 Å². The normalized spacial score (nSPS) is 14.1. The maximum absolute atomic E-state index is 12.9. The molecule has 2 aromatic heterocycles. The standard InChI is InChI=1S/C18H17IN4O/c1-10-16-14(18(24)20-13-5-3-4-12(19)8-13)9-15(11-6-7-11)21-17(16)23(2)22-10/h3-5,8-9,11H,6-7H2,1-2H3,(H,20,24). The molecule has 24 heavy (non-hydrogen) atoms. The number of carbonyl (C=O) groups is 1. The molecule has 1 aliphatic carbocycles. The van der Waals surface area contributed by atoms with E-state index in [-0.39, 0.29) is 5.91 Å². The predicted molar refractivity (Wildman–Crippen MR) is 102 cm³/mol. The number of rotatable bonds is 3. The topological polar surface area (TPSA) is 59.8 Å². The fourth-order valence-corrected chi connectivity index (χ4v) is 3.54. The zero-order valence-electron chi connectivity index (χ0n) is 13.5. The van der Waals surface area contributed by atoms with Gasteiger partial charge in [-0.2, -0.15) is 5.10 Å². The number of hydrogen-bond acceptors (Lipinski definition) is 3. The molecular formula is C18H17IN4O. The molecule has 1 N–H and O–H groups in total. The van der Waals surface area contributed by atoms with Crippen LogP contribution in [-0.4, -0.2) is 20.7 Å². The van der Waals surface area contributed by atoms with E-state index in [1.807, 2.05) is 44.3 Å². The molecule has 1 amide bonds. The van der Waals surface area contributed by atoms with E-state index in [2.05, 4.69) is 33.0 Å². The Morgan fingerprint density at radius 2 is 2.12 bits per heavy atom. The second-order valence-electron chi connectivity index (χ2n) is 6.24. The molecule has 2 heterocycles. The molecule has 1 aromatic carbocycles. The van der Waals surface area contributed by atoms with E-state index >= 15 is 0 Å². The van der Waals surface area contributed by atoms with Gasteiger partial charge in [-0.05, 0) is 66.6 Å². The molecule has 0 atom stereocenters. The average Bonchev–Trinajstić information content (AvgIpc) is 3.34. The summed E-state index contributed by atoms with van der Waals surface area (Å²) in [5.41, 5.74) is 4.07. The summed E-state index contributed by atoms with van der Waals surface area (Å²) in [4.78, 5) is 17.7. The quantitative estimate of drug-likeness (QED) is 0.637. The highest BCUT2D eigenvalue weighted by molar-refractivity contribution is 14.1. The molecule has 6 heteroatoms. The maximum Gasteiger partial charge on any atom is 0.256 e. The molecule has 0 saturated heterocycles. The third kappa shape index (κ3) is 2.79. The van der Waals surface area contributed by atoms with Crippen molar-refractivity contribution < 1.29 is 4.79 Å². The highest BCUT2D eigenvalue weighted by Gasteiger charge is 2.28. The monoisotopic (exact) mass is 432 g/mol. The second kappa shape index (κ2) is 5.84. The zero-order chi connectivity index (χ0) is 16.8. The van der Waals surface area contributed by atoms with Gasteiger partial charge in [0, 0.05) is 27.9 Å². The first kappa shape index (κ1) is 15.6. The molecule has 1 aliphatic rings. The molecule has 3 aromatic rings. The van der Waals surface area contributed by atoms with Gasteiger partial charge in [0.15, 0.2) is 5.65 Å². The molecule has 1 saturated carbocycles. The lowest BCUT2D eigenvalue weighted by molar-refractivity contribution is 0.102. The molecule has 0 radical (unpaired) electrons. The molecule has 1 fully saturated rings. The average molecular weight is 432 g/mol. The number of hydrogen-bond donors (Lipinski definition) is 1. The van der Waals surface area contributed by atoms with Crippen LogP contribution in [-0.2, 0) is 7.05 Å². The van der Waals surface area contributed by atoms with Crippen LogP contribution in [0.15, 0.2) is 30.3 Å². The number of aryl methyl sites for hydroxylation is 2. The minimum absolute atomic E-state index is 0.109. The van der Waals surface area contributed by atoms with Crippen molar-refractivity contribution in [2.75, 3.05) is 5.32 Å². The Labute approximate surface area is 153 Å². The molecule has 0 bridgehead atoms. The highest BCUT2D eigenvalue weighted by Crippen LogP contribution is 2.40. The number of nitrogens with zero attached hydrogens (tertiary/aromatic N) is 3. The van der Waals surface area contributed by atoms with Gasteiger partial charge < -0.3 is 5.32 Å². The minimum atomic E-state index is -0.109. The Morgan fingerprint density at radius 1 is 1.33 bits per heavy atom. The fourth-order valence-electron chi connectivity index (χ4n) is 3.00. The van der Waals surface area contributed by atoms with Gasteiger partial charge in [0.1, 0.15) is 0 Å². The first-order valence-corrected chi connectivity index (χ1v) is 9.02. The van der Waals surface area contributed by atoms with Crippen LogP contribution in [0.2, 0.25) is 0 Å². The number of halogens is 1. The lowest BCUT2D eigenvalue weighted by atomic mass is 10.1. The van der Waals surface area contributed by atoms with Crippen molar-refractivity contribution in [1.29, 1.82) is 0 Å². The number of benzene rings is 1. The largest absolute Gasteiger partial charge is 0.322 e. The number of fused-ring (bicyclic) bond motifs is 1. The summed E-state index contributed by atoms with van der Waals surface area (Å²) in [6, 6.07) is 9.73. The van der Waals surface area contributed by atoms with Crippen molar-refractivity contribution in [3.63, 3.8) is 0 Å². The van der Waals surface area contributed by atoms with Gasteiger partial charge in [-0.25, -0.2) is 4.98 Å².